The number of benzene rings is 2. The molecule has 0 saturated heterocycles. The van der Waals surface area contributed by atoms with Crippen LogP contribution in [0.15, 0.2) is 42.5 Å². The molecular weight excluding hydrogens is 324 g/mol. The first-order valence-corrected chi connectivity index (χ1v) is 4.00. The van der Waals surface area contributed by atoms with Crippen LogP contribution in [0.3, 0.4) is 0 Å². The maximum absolute atomic E-state index is 10.8. The van der Waals surface area contributed by atoms with Crippen molar-refractivity contribution in [1.29, 1.82) is 0 Å². The van der Waals surface area contributed by atoms with E-state index in [1.54, 1.807) is 12.1 Å². The Labute approximate surface area is 112 Å². The van der Waals surface area contributed by atoms with Crippen LogP contribution in [0.4, 0.5) is 0 Å². The molecule has 0 unspecified atom stereocenters. The zero-order valence-corrected chi connectivity index (χ0v) is 10.6. The van der Waals surface area contributed by atoms with Gasteiger partial charge in [-0.05, 0) is 16.8 Å². The molecule has 0 aliphatic carbocycles. The van der Waals surface area contributed by atoms with Gasteiger partial charge in [0.25, 0.3) is 0 Å². The van der Waals surface area contributed by atoms with Crippen LogP contribution >= 0.6 is 0 Å². The molecule has 4 heteroatoms. The van der Waals surface area contributed by atoms with Crippen molar-refractivity contribution in [3.05, 3.63) is 48.0 Å². The summed E-state index contributed by atoms with van der Waals surface area (Å²) in [4.78, 5) is 10.8. The maximum Gasteiger partial charge on any atom is 0.336 e. The summed E-state index contributed by atoms with van der Waals surface area (Å²) in [5.41, 5.74) is 0.359. The van der Waals surface area contributed by atoms with Crippen molar-refractivity contribution in [2.24, 2.45) is 0 Å². The monoisotopic (exact) mass is 333 g/mol. The topological polar surface area (TPSA) is 37.3 Å². The molecule has 0 aliphatic rings. The summed E-state index contributed by atoms with van der Waals surface area (Å²) >= 11 is 0. The van der Waals surface area contributed by atoms with E-state index in [9.17, 15) is 4.79 Å². The van der Waals surface area contributed by atoms with Gasteiger partial charge in [0.1, 0.15) is 0 Å². The van der Waals surface area contributed by atoms with Gasteiger partial charge in [0.15, 0.2) is 0 Å². The van der Waals surface area contributed by atoms with E-state index in [4.69, 9.17) is 5.11 Å². The minimum atomic E-state index is -0.878. The summed E-state index contributed by atoms with van der Waals surface area (Å²) in [6.45, 7) is 0. The summed E-state index contributed by atoms with van der Waals surface area (Å²) < 4.78 is 0. The standard InChI is InChI=1S/C11H8O2.Cu.Mo/c12-11(13)10-7-3-5-8-4-1-2-6-9(8)10;;/h1-7H,(H,12,13);;. The predicted octanol–water partition coefficient (Wildman–Crippen LogP) is 2.53. The molecule has 2 aromatic rings. The number of fused-ring (bicyclic) bond motifs is 1. The molecule has 2 aromatic carbocycles. The minimum absolute atomic E-state index is 0. The fourth-order valence-electron chi connectivity index (χ4n) is 1.41. The van der Waals surface area contributed by atoms with Gasteiger partial charge in [-0.3, -0.25) is 0 Å². The van der Waals surface area contributed by atoms with Crippen molar-refractivity contribution in [3.63, 3.8) is 0 Å². The van der Waals surface area contributed by atoms with Crippen LogP contribution in [0.1, 0.15) is 10.4 Å². The van der Waals surface area contributed by atoms with Crippen molar-refractivity contribution in [2.45, 2.75) is 0 Å². The second-order valence-electron chi connectivity index (χ2n) is 2.83. The average Bonchev–Trinajstić information content (AvgIpc) is 2.17. The predicted molar refractivity (Wildman–Crippen MR) is 50.9 cm³/mol. The Balaban J connectivity index is 0.000000980. The van der Waals surface area contributed by atoms with E-state index < -0.39 is 5.97 Å². The van der Waals surface area contributed by atoms with E-state index in [1.807, 2.05) is 30.3 Å². The number of hydrogen-bond donors (Lipinski definition) is 1. The van der Waals surface area contributed by atoms with E-state index >= 15 is 0 Å². The van der Waals surface area contributed by atoms with Crippen LogP contribution in [-0.4, -0.2) is 11.1 Å². The molecule has 0 bridgehead atoms. The molecule has 0 fully saturated rings. The maximum atomic E-state index is 10.8. The summed E-state index contributed by atoms with van der Waals surface area (Å²) in [6, 6.07) is 12.7. The van der Waals surface area contributed by atoms with Gasteiger partial charge in [-0.1, -0.05) is 36.4 Å². The van der Waals surface area contributed by atoms with Crippen LogP contribution in [0, 0.1) is 0 Å². The van der Waals surface area contributed by atoms with Crippen molar-refractivity contribution >= 4 is 16.7 Å². The summed E-state index contributed by atoms with van der Waals surface area (Å²) in [5, 5.41) is 10.6. The summed E-state index contributed by atoms with van der Waals surface area (Å²) in [7, 11) is 0. The van der Waals surface area contributed by atoms with Gasteiger partial charge in [0.05, 0.1) is 5.56 Å². The Kier molecular flexibility index (Phi) is 5.82. The fourth-order valence-corrected chi connectivity index (χ4v) is 1.41. The molecule has 0 amide bonds. The van der Waals surface area contributed by atoms with E-state index in [0.717, 1.165) is 10.8 Å². The van der Waals surface area contributed by atoms with E-state index in [0.29, 0.717) is 5.56 Å². The van der Waals surface area contributed by atoms with Crippen LogP contribution in [0.5, 0.6) is 0 Å². The molecule has 15 heavy (non-hydrogen) atoms. The van der Waals surface area contributed by atoms with Gasteiger partial charge in [-0.15, -0.1) is 0 Å². The third-order valence-corrected chi connectivity index (χ3v) is 2.02. The van der Waals surface area contributed by atoms with Crippen molar-refractivity contribution in [1.82, 2.24) is 0 Å². The van der Waals surface area contributed by atoms with Crippen LogP contribution in [0.25, 0.3) is 10.8 Å². The normalized spacial score (nSPS) is 8.80. The third kappa shape index (κ3) is 2.91. The first-order valence-electron chi connectivity index (χ1n) is 4.00. The first-order chi connectivity index (χ1) is 6.29. The third-order valence-electron chi connectivity index (χ3n) is 2.02. The van der Waals surface area contributed by atoms with E-state index in [2.05, 4.69) is 0 Å². The largest absolute Gasteiger partial charge is 0.478 e. The Morgan fingerprint density at radius 1 is 1.00 bits per heavy atom. The van der Waals surface area contributed by atoms with Crippen molar-refractivity contribution in [3.8, 4) is 0 Å². The Bertz CT molecular complexity index is 466. The number of carboxylic acid groups (broad SMARTS) is 1. The second-order valence-corrected chi connectivity index (χ2v) is 2.83. The Morgan fingerprint density at radius 3 is 2.27 bits per heavy atom. The molecule has 0 spiro atoms. The molecule has 81 valence electrons. The van der Waals surface area contributed by atoms with Crippen molar-refractivity contribution < 1.29 is 48.0 Å². The number of carboxylic acids is 1. The SMILES string of the molecule is O=C(O)c1cccc2ccccc12.[Cu].[Mo]. The van der Waals surface area contributed by atoms with Gasteiger partial charge >= 0.3 is 5.97 Å². The molecule has 0 aliphatic heterocycles. The van der Waals surface area contributed by atoms with Gasteiger partial charge in [-0.2, -0.15) is 0 Å². The first kappa shape index (κ1) is 14.4. The fraction of sp³-hybridized carbons (Fsp3) is 0. The van der Waals surface area contributed by atoms with Crippen LogP contribution in [0.2, 0.25) is 0 Å². The molecule has 0 atom stereocenters. The average molecular weight is 332 g/mol. The number of rotatable bonds is 1. The van der Waals surface area contributed by atoms with Crippen LogP contribution < -0.4 is 0 Å². The van der Waals surface area contributed by atoms with Gasteiger partial charge < -0.3 is 5.11 Å². The molecule has 1 radical (unpaired) electrons. The molecule has 0 saturated carbocycles. The molecule has 0 aromatic heterocycles. The van der Waals surface area contributed by atoms with Gasteiger partial charge in [0, 0.05) is 38.1 Å². The number of hydrogen-bond acceptors (Lipinski definition) is 1. The van der Waals surface area contributed by atoms with Gasteiger partial charge in [0.2, 0.25) is 0 Å². The van der Waals surface area contributed by atoms with E-state index in [1.165, 1.54) is 0 Å². The summed E-state index contributed by atoms with van der Waals surface area (Å²) in [5.74, 6) is -0.878. The number of carbonyl (C=O) groups is 1. The van der Waals surface area contributed by atoms with Crippen molar-refractivity contribution in [2.75, 3.05) is 0 Å². The zero-order valence-electron chi connectivity index (χ0n) is 7.61. The number of aromatic carboxylic acids is 1. The zero-order chi connectivity index (χ0) is 9.26. The Hall–Kier alpha value is -0.622. The molecule has 0 heterocycles. The second kappa shape index (κ2) is 6.07. The molecule has 2 nitrogen and oxygen atoms in total. The Morgan fingerprint density at radius 2 is 1.60 bits per heavy atom. The van der Waals surface area contributed by atoms with Crippen LogP contribution in [-0.2, 0) is 38.1 Å². The molecule has 2 rings (SSSR count). The minimum Gasteiger partial charge on any atom is -0.478 e. The summed E-state index contributed by atoms with van der Waals surface area (Å²) in [6.07, 6.45) is 0. The smallest absolute Gasteiger partial charge is 0.336 e. The van der Waals surface area contributed by atoms with Gasteiger partial charge in [-0.25, -0.2) is 4.79 Å². The van der Waals surface area contributed by atoms with E-state index in [-0.39, 0.29) is 38.1 Å². The quantitative estimate of drug-likeness (QED) is 0.815. The molecule has 1 N–H and O–H groups in total. The molecular formula is C11H8CuMoO2.